The molecule has 1 fully saturated rings. The van der Waals surface area contributed by atoms with Gasteiger partial charge in [0.15, 0.2) is 5.13 Å². The number of thiazole rings is 1. The van der Waals surface area contributed by atoms with Crippen LogP contribution in [0.25, 0.3) is 0 Å². The molecule has 1 aromatic heterocycles. The number of hydrogen-bond donors (Lipinski definition) is 1. The van der Waals surface area contributed by atoms with Gasteiger partial charge in [-0.1, -0.05) is 11.3 Å². The summed E-state index contributed by atoms with van der Waals surface area (Å²) in [4.78, 5) is 18.1. The minimum atomic E-state index is -0.921. The van der Waals surface area contributed by atoms with Crippen LogP contribution in [0.1, 0.15) is 41.0 Å². The summed E-state index contributed by atoms with van der Waals surface area (Å²) in [6, 6.07) is 6.14. The topological polar surface area (TPSA) is 53.4 Å². The largest absolute Gasteiger partial charge is 0.477 e. The highest BCUT2D eigenvalue weighted by molar-refractivity contribution is 7.17. The second kappa shape index (κ2) is 5.44. The van der Waals surface area contributed by atoms with Crippen molar-refractivity contribution in [3.05, 3.63) is 40.7 Å². The molecule has 1 aliphatic rings. The van der Waals surface area contributed by atoms with Crippen LogP contribution in [-0.4, -0.2) is 22.6 Å². The SMILES string of the molecule is CCN(c1ccc(F)cc1)c1nc(C2CC2)c(C(=O)O)s1. The van der Waals surface area contributed by atoms with E-state index in [0.29, 0.717) is 22.2 Å². The molecule has 0 saturated heterocycles. The van der Waals surface area contributed by atoms with Gasteiger partial charge in [0.25, 0.3) is 0 Å². The summed E-state index contributed by atoms with van der Waals surface area (Å²) in [5.41, 5.74) is 1.51. The van der Waals surface area contributed by atoms with Crippen LogP contribution >= 0.6 is 11.3 Å². The van der Waals surface area contributed by atoms with E-state index in [1.54, 1.807) is 12.1 Å². The number of aromatic carboxylic acids is 1. The Morgan fingerprint density at radius 2 is 2.10 bits per heavy atom. The Bertz CT molecular complexity index is 665. The van der Waals surface area contributed by atoms with Crippen molar-refractivity contribution >= 4 is 28.1 Å². The summed E-state index contributed by atoms with van der Waals surface area (Å²) < 4.78 is 13.0. The van der Waals surface area contributed by atoms with Crippen molar-refractivity contribution in [2.45, 2.75) is 25.7 Å². The van der Waals surface area contributed by atoms with Gasteiger partial charge >= 0.3 is 5.97 Å². The number of carboxylic acids is 1. The van der Waals surface area contributed by atoms with Crippen LogP contribution in [0.3, 0.4) is 0 Å². The fourth-order valence-corrected chi connectivity index (χ4v) is 3.35. The Morgan fingerprint density at radius 3 is 2.62 bits per heavy atom. The minimum Gasteiger partial charge on any atom is -0.477 e. The number of hydrogen-bond acceptors (Lipinski definition) is 4. The summed E-state index contributed by atoms with van der Waals surface area (Å²) in [6.07, 6.45) is 2.01. The van der Waals surface area contributed by atoms with Crippen molar-refractivity contribution in [3.8, 4) is 0 Å². The standard InChI is InChI=1S/C15H15FN2O2S/c1-2-18(11-7-5-10(16)6-8-11)15-17-12(9-3-4-9)13(21-15)14(19)20/h5-9H,2-4H2,1H3,(H,19,20). The Morgan fingerprint density at radius 1 is 1.43 bits per heavy atom. The third kappa shape index (κ3) is 2.76. The Balaban J connectivity index is 1.99. The molecular weight excluding hydrogens is 291 g/mol. The lowest BCUT2D eigenvalue weighted by atomic mass is 10.2. The Hall–Kier alpha value is -1.95. The molecule has 0 unspecified atom stereocenters. The second-order valence-electron chi connectivity index (χ2n) is 5.01. The predicted molar refractivity (Wildman–Crippen MR) is 80.1 cm³/mol. The van der Waals surface area contributed by atoms with Crippen molar-refractivity contribution < 1.29 is 14.3 Å². The zero-order chi connectivity index (χ0) is 15.0. The lowest BCUT2D eigenvalue weighted by Crippen LogP contribution is -2.15. The second-order valence-corrected chi connectivity index (χ2v) is 5.99. The molecule has 2 aromatic rings. The van der Waals surface area contributed by atoms with Crippen LogP contribution in [0, 0.1) is 5.82 Å². The van der Waals surface area contributed by atoms with Gasteiger partial charge in [0.2, 0.25) is 0 Å². The van der Waals surface area contributed by atoms with Crippen molar-refractivity contribution in [2.24, 2.45) is 0 Å². The number of rotatable bonds is 5. The molecule has 0 radical (unpaired) electrons. The van der Waals surface area contributed by atoms with Gasteiger partial charge in [-0.2, -0.15) is 0 Å². The van der Waals surface area contributed by atoms with E-state index in [-0.39, 0.29) is 11.7 Å². The number of benzene rings is 1. The summed E-state index contributed by atoms with van der Waals surface area (Å²) in [5, 5.41) is 9.98. The maximum atomic E-state index is 13.0. The molecule has 0 bridgehead atoms. The van der Waals surface area contributed by atoms with E-state index in [2.05, 4.69) is 4.98 Å². The number of aromatic nitrogens is 1. The Kier molecular flexibility index (Phi) is 3.63. The quantitative estimate of drug-likeness (QED) is 0.906. The van der Waals surface area contributed by atoms with Crippen LogP contribution in [0.2, 0.25) is 0 Å². The van der Waals surface area contributed by atoms with Crippen LogP contribution in [0.4, 0.5) is 15.2 Å². The highest BCUT2D eigenvalue weighted by atomic mass is 32.1. The van der Waals surface area contributed by atoms with Crippen molar-refractivity contribution in [3.63, 3.8) is 0 Å². The van der Waals surface area contributed by atoms with Crippen LogP contribution < -0.4 is 4.90 Å². The molecular formula is C15H15FN2O2S. The van der Waals surface area contributed by atoms with Gasteiger partial charge in [0, 0.05) is 18.2 Å². The highest BCUT2D eigenvalue weighted by Crippen LogP contribution is 2.44. The third-order valence-corrected chi connectivity index (χ3v) is 4.57. The first-order valence-corrected chi connectivity index (χ1v) is 7.69. The molecule has 110 valence electrons. The number of halogens is 1. The number of anilines is 2. The zero-order valence-corrected chi connectivity index (χ0v) is 12.4. The molecule has 21 heavy (non-hydrogen) atoms. The van der Waals surface area contributed by atoms with Gasteiger partial charge in [-0.25, -0.2) is 14.2 Å². The summed E-state index contributed by atoms with van der Waals surface area (Å²) >= 11 is 1.19. The van der Waals surface area contributed by atoms with Gasteiger partial charge in [0.1, 0.15) is 10.7 Å². The van der Waals surface area contributed by atoms with Gasteiger partial charge in [-0.05, 0) is 44.0 Å². The highest BCUT2D eigenvalue weighted by Gasteiger charge is 2.33. The maximum absolute atomic E-state index is 13.0. The molecule has 1 aliphatic carbocycles. The number of nitrogens with zero attached hydrogens (tertiary/aromatic N) is 2. The minimum absolute atomic E-state index is 0.285. The number of carboxylic acid groups (broad SMARTS) is 1. The van der Waals surface area contributed by atoms with Crippen molar-refractivity contribution in [1.29, 1.82) is 0 Å². The van der Waals surface area contributed by atoms with Gasteiger partial charge in [-0.15, -0.1) is 0 Å². The predicted octanol–water partition coefficient (Wildman–Crippen LogP) is 4.02. The smallest absolute Gasteiger partial charge is 0.347 e. The maximum Gasteiger partial charge on any atom is 0.347 e. The van der Waals surface area contributed by atoms with Crippen molar-refractivity contribution in [2.75, 3.05) is 11.4 Å². The Labute approximate surface area is 125 Å². The molecule has 1 N–H and O–H groups in total. The fourth-order valence-electron chi connectivity index (χ4n) is 2.27. The van der Waals surface area contributed by atoms with E-state index in [0.717, 1.165) is 18.5 Å². The average Bonchev–Trinajstić information content (AvgIpc) is 3.21. The molecule has 6 heteroatoms. The summed E-state index contributed by atoms with van der Waals surface area (Å²) in [7, 11) is 0. The molecule has 0 atom stereocenters. The molecule has 1 saturated carbocycles. The molecule has 0 spiro atoms. The molecule has 4 nitrogen and oxygen atoms in total. The normalized spacial score (nSPS) is 14.2. The monoisotopic (exact) mass is 306 g/mol. The molecule has 1 aromatic carbocycles. The van der Waals surface area contributed by atoms with E-state index in [1.807, 2.05) is 11.8 Å². The van der Waals surface area contributed by atoms with E-state index < -0.39 is 5.97 Å². The molecule has 0 amide bonds. The van der Waals surface area contributed by atoms with Crippen LogP contribution in [0.5, 0.6) is 0 Å². The first-order chi connectivity index (χ1) is 10.1. The summed E-state index contributed by atoms with van der Waals surface area (Å²) in [6.45, 7) is 2.60. The average molecular weight is 306 g/mol. The lowest BCUT2D eigenvalue weighted by molar-refractivity contribution is 0.0700. The van der Waals surface area contributed by atoms with Gasteiger partial charge in [-0.3, -0.25) is 0 Å². The molecule has 1 heterocycles. The van der Waals surface area contributed by atoms with E-state index >= 15 is 0 Å². The molecule has 0 aliphatic heterocycles. The van der Waals surface area contributed by atoms with E-state index in [1.165, 1.54) is 23.5 Å². The zero-order valence-electron chi connectivity index (χ0n) is 11.5. The molecule has 3 rings (SSSR count). The van der Waals surface area contributed by atoms with Crippen LogP contribution in [0.15, 0.2) is 24.3 Å². The number of carbonyl (C=O) groups is 1. The lowest BCUT2D eigenvalue weighted by Gasteiger charge is -2.19. The van der Waals surface area contributed by atoms with E-state index in [4.69, 9.17) is 0 Å². The van der Waals surface area contributed by atoms with Gasteiger partial charge < -0.3 is 10.0 Å². The van der Waals surface area contributed by atoms with Crippen LogP contribution in [-0.2, 0) is 0 Å². The van der Waals surface area contributed by atoms with Crippen molar-refractivity contribution in [1.82, 2.24) is 4.98 Å². The summed E-state index contributed by atoms with van der Waals surface area (Å²) in [5.74, 6) is -0.928. The fraction of sp³-hybridized carbons (Fsp3) is 0.333. The van der Waals surface area contributed by atoms with E-state index in [9.17, 15) is 14.3 Å². The third-order valence-electron chi connectivity index (χ3n) is 3.49. The first-order valence-electron chi connectivity index (χ1n) is 6.87. The van der Waals surface area contributed by atoms with Gasteiger partial charge in [0.05, 0.1) is 5.69 Å². The first kappa shape index (κ1) is 14.0.